The summed E-state index contributed by atoms with van der Waals surface area (Å²) < 4.78 is 33.1. The first kappa shape index (κ1) is 24.7. The Kier molecular flexibility index (Phi) is 6.20. The van der Waals surface area contributed by atoms with Crippen molar-refractivity contribution < 1.29 is 23.1 Å². The van der Waals surface area contributed by atoms with E-state index in [2.05, 4.69) is 15.1 Å². The number of aromatic nitrogens is 4. The van der Waals surface area contributed by atoms with E-state index in [4.69, 9.17) is 13.9 Å². The molecule has 0 bridgehead atoms. The largest absolute Gasteiger partial charge is 0.486 e. The Morgan fingerprint density at radius 1 is 1.12 bits per heavy atom. The monoisotopic (exact) mass is 575 g/mol. The highest BCUT2D eigenvalue weighted by molar-refractivity contribution is 7.18. The topological polar surface area (TPSA) is 95.0 Å². The summed E-state index contributed by atoms with van der Waals surface area (Å²) in [5.74, 6) is 0.434. The Morgan fingerprint density at radius 2 is 1.95 bits per heavy atom. The van der Waals surface area contributed by atoms with Crippen molar-refractivity contribution in [3.8, 4) is 33.0 Å². The van der Waals surface area contributed by atoms with E-state index < -0.39 is 5.82 Å². The zero-order valence-electron chi connectivity index (χ0n) is 21.3. The van der Waals surface area contributed by atoms with Gasteiger partial charge in [-0.15, -0.1) is 16.4 Å². The number of ether oxygens (including phenoxy) is 2. The highest BCUT2D eigenvalue weighted by Crippen LogP contribution is 2.36. The molecular weight excluding hydrogens is 553 g/mol. The summed E-state index contributed by atoms with van der Waals surface area (Å²) >= 11 is 2.79. The van der Waals surface area contributed by atoms with E-state index >= 15 is 0 Å². The van der Waals surface area contributed by atoms with Crippen LogP contribution in [0.4, 0.5) is 4.39 Å². The molecule has 5 heterocycles. The van der Waals surface area contributed by atoms with Gasteiger partial charge in [0.25, 0.3) is 11.1 Å². The molecule has 4 aromatic heterocycles. The number of furan rings is 1. The highest BCUT2D eigenvalue weighted by Gasteiger charge is 2.20. The Morgan fingerprint density at radius 3 is 2.73 bits per heavy atom. The number of halogens is 1. The number of methoxy groups -OCH3 is 1. The van der Waals surface area contributed by atoms with Crippen LogP contribution in [0.3, 0.4) is 0 Å². The van der Waals surface area contributed by atoms with Gasteiger partial charge in [-0.3, -0.25) is 4.79 Å². The number of carbonyl (C=O) groups excluding carboxylic acids is 1. The second-order valence-electron chi connectivity index (χ2n) is 9.36. The number of likely N-dealkylation sites (tertiary alicyclic amines) is 1. The third-order valence-electron chi connectivity index (χ3n) is 6.72. The van der Waals surface area contributed by atoms with Crippen LogP contribution in [0.5, 0.6) is 10.9 Å². The van der Waals surface area contributed by atoms with E-state index in [1.807, 2.05) is 34.5 Å². The SMILES string of the molecule is COc1nn2cc(-c3cc4c(OCc5csc(-c6ccc(C(=O)N7CCCC7)cc6)n5)cc(F)cc4o3)nc2s1. The fraction of sp³-hybridized carbons (Fsp3) is 0.214. The van der Waals surface area contributed by atoms with Crippen LogP contribution in [0.1, 0.15) is 28.9 Å². The molecule has 0 spiro atoms. The van der Waals surface area contributed by atoms with Crippen LogP contribution < -0.4 is 9.47 Å². The van der Waals surface area contributed by atoms with Crippen molar-refractivity contribution >= 4 is 44.5 Å². The van der Waals surface area contributed by atoms with E-state index in [9.17, 15) is 9.18 Å². The molecule has 1 fully saturated rings. The van der Waals surface area contributed by atoms with Gasteiger partial charge >= 0.3 is 0 Å². The van der Waals surface area contributed by atoms with Gasteiger partial charge in [0.2, 0.25) is 4.96 Å². The standard InChI is InChI=1S/C28H22FN5O4S2/c1-36-28-32-34-13-21(31-27(34)40-28)24-12-20-22(10-18(29)11-23(20)38-24)37-14-19-15-39-25(30-19)16-4-6-17(7-5-16)26(35)33-8-2-3-9-33/h4-7,10-13,15H,2-3,8-9,14H2,1H3. The molecule has 0 aliphatic carbocycles. The lowest BCUT2D eigenvalue weighted by molar-refractivity contribution is 0.0793. The van der Waals surface area contributed by atoms with E-state index in [1.165, 1.54) is 34.8 Å². The van der Waals surface area contributed by atoms with Gasteiger partial charge in [0, 0.05) is 41.7 Å². The lowest BCUT2D eigenvalue weighted by Crippen LogP contribution is -2.27. The van der Waals surface area contributed by atoms with Crippen LogP contribution in [0.15, 0.2) is 58.5 Å². The van der Waals surface area contributed by atoms with E-state index in [0.29, 0.717) is 49.6 Å². The molecule has 7 rings (SSSR count). The number of hydrogen-bond donors (Lipinski definition) is 0. The fourth-order valence-corrected chi connectivity index (χ4v) is 6.23. The zero-order chi connectivity index (χ0) is 27.2. The third kappa shape index (κ3) is 4.58. The van der Waals surface area contributed by atoms with Crippen molar-refractivity contribution in [2.24, 2.45) is 0 Å². The summed E-state index contributed by atoms with van der Waals surface area (Å²) in [6, 6.07) is 12.0. The zero-order valence-corrected chi connectivity index (χ0v) is 22.9. The van der Waals surface area contributed by atoms with Crippen molar-refractivity contribution in [2.45, 2.75) is 19.4 Å². The molecule has 1 aliphatic rings. The molecule has 6 aromatic rings. The predicted octanol–water partition coefficient (Wildman–Crippen LogP) is 6.29. The van der Waals surface area contributed by atoms with E-state index in [1.54, 1.807) is 23.9 Å². The predicted molar refractivity (Wildman–Crippen MR) is 150 cm³/mol. The lowest BCUT2D eigenvalue weighted by atomic mass is 10.1. The highest BCUT2D eigenvalue weighted by atomic mass is 32.1. The molecule has 0 atom stereocenters. The fourth-order valence-electron chi connectivity index (χ4n) is 4.72. The van der Waals surface area contributed by atoms with Crippen LogP contribution in [-0.2, 0) is 6.61 Å². The van der Waals surface area contributed by atoms with Crippen molar-refractivity contribution in [2.75, 3.05) is 20.2 Å². The summed E-state index contributed by atoms with van der Waals surface area (Å²) in [5.41, 5.74) is 3.25. The number of imidazole rings is 1. The van der Waals surface area contributed by atoms with Gasteiger partial charge in [0.15, 0.2) is 5.76 Å². The molecule has 202 valence electrons. The maximum atomic E-state index is 14.4. The molecule has 40 heavy (non-hydrogen) atoms. The van der Waals surface area contributed by atoms with Crippen molar-refractivity contribution in [1.29, 1.82) is 0 Å². The number of nitrogens with zero attached hydrogens (tertiary/aromatic N) is 5. The van der Waals surface area contributed by atoms with Gasteiger partial charge in [-0.05, 0) is 42.4 Å². The molecule has 0 radical (unpaired) electrons. The first-order valence-corrected chi connectivity index (χ1v) is 14.3. The minimum atomic E-state index is -0.469. The quantitative estimate of drug-likeness (QED) is 0.221. The summed E-state index contributed by atoms with van der Waals surface area (Å²) in [5, 5.41) is 8.15. The van der Waals surface area contributed by atoms with Gasteiger partial charge in [-0.2, -0.15) is 0 Å². The first-order chi connectivity index (χ1) is 19.5. The molecular formula is C28H22FN5O4S2. The summed E-state index contributed by atoms with van der Waals surface area (Å²) in [7, 11) is 1.55. The van der Waals surface area contributed by atoms with Gasteiger partial charge in [0.1, 0.15) is 34.5 Å². The molecule has 1 amide bonds. The van der Waals surface area contributed by atoms with Crippen molar-refractivity contribution in [3.63, 3.8) is 0 Å². The molecule has 0 saturated carbocycles. The summed E-state index contributed by atoms with van der Waals surface area (Å²) in [6.45, 7) is 1.80. The molecule has 1 saturated heterocycles. The Labute approximate surface area is 235 Å². The second kappa shape index (κ2) is 10.0. The number of hydrogen-bond acceptors (Lipinski definition) is 9. The Bertz CT molecular complexity index is 1820. The summed E-state index contributed by atoms with van der Waals surface area (Å²) in [4.78, 5) is 24.4. The third-order valence-corrected chi connectivity index (χ3v) is 8.54. The minimum absolute atomic E-state index is 0.0747. The summed E-state index contributed by atoms with van der Waals surface area (Å²) in [6.07, 6.45) is 3.86. The smallest absolute Gasteiger partial charge is 0.294 e. The number of fused-ring (bicyclic) bond motifs is 2. The van der Waals surface area contributed by atoms with Crippen LogP contribution in [0.25, 0.3) is 38.0 Å². The number of benzene rings is 2. The Balaban J connectivity index is 1.08. The van der Waals surface area contributed by atoms with Gasteiger partial charge < -0.3 is 18.8 Å². The maximum absolute atomic E-state index is 14.4. The molecule has 0 unspecified atom stereocenters. The first-order valence-electron chi connectivity index (χ1n) is 12.6. The maximum Gasteiger partial charge on any atom is 0.294 e. The molecule has 0 N–H and O–H groups in total. The Hall–Kier alpha value is -4.29. The number of carbonyl (C=O) groups is 1. The molecule has 2 aromatic carbocycles. The molecule has 1 aliphatic heterocycles. The number of amides is 1. The van der Waals surface area contributed by atoms with E-state index in [0.717, 1.165) is 36.5 Å². The molecule has 9 nitrogen and oxygen atoms in total. The van der Waals surface area contributed by atoms with Crippen LogP contribution in [-0.4, -0.2) is 50.6 Å². The lowest BCUT2D eigenvalue weighted by Gasteiger charge is -2.15. The average Bonchev–Trinajstić information content (AvgIpc) is 3.79. The number of thiazole rings is 1. The van der Waals surface area contributed by atoms with E-state index in [-0.39, 0.29) is 12.5 Å². The minimum Gasteiger partial charge on any atom is -0.486 e. The van der Waals surface area contributed by atoms with Gasteiger partial charge in [-0.1, -0.05) is 12.1 Å². The average molecular weight is 576 g/mol. The van der Waals surface area contributed by atoms with Crippen molar-refractivity contribution in [1.82, 2.24) is 24.5 Å². The van der Waals surface area contributed by atoms with Gasteiger partial charge in [-0.25, -0.2) is 18.9 Å². The second-order valence-corrected chi connectivity index (χ2v) is 11.1. The van der Waals surface area contributed by atoms with Crippen molar-refractivity contribution in [3.05, 3.63) is 71.1 Å². The van der Waals surface area contributed by atoms with Crippen LogP contribution in [0.2, 0.25) is 0 Å². The number of rotatable bonds is 7. The van der Waals surface area contributed by atoms with Crippen LogP contribution >= 0.6 is 22.7 Å². The van der Waals surface area contributed by atoms with Gasteiger partial charge in [0.05, 0.1) is 24.4 Å². The van der Waals surface area contributed by atoms with Crippen LogP contribution in [0, 0.1) is 5.82 Å². The molecule has 12 heteroatoms. The normalized spacial score (nSPS) is 13.5.